The van der Waals surface area contributed by atoms with Gasteiger partial charge in [-0.15, -0.1) is 0 Å². The quantitative estimate of drug-likeness (QED) is 0.619. The maximum Gasteiger partial charge on any atom is 0.416 e. The summed E-state index contributed by atoms with van der Waals surface area (Å²) in [6.45, 7) is 2.17. The Morgan fingerprint density at radius 3 is 2.72 bits per heavy atom. The molecule has 0 aliphatic rings. The van der Waals surface area contributed by atoms with Gasteiger partial charge in [-0.05, 0) is 43.3 Å². The molecule has 0 fully saturated rings. The van der Waals surface area contributed by atoms with E-state index in [1.165, 1.54) is 12.3 Å². The molecule has 0 spiro atoms. The number of hydrogen-bond acceptors (Lipinski definition) is 4. The van der Waals surface area contributed by atoms with Crippen molar-refractivity contribution in [2.75, 3.05) is 18.4 Å². The monoisotopic (exact) mass is 349 g/mol. The number of rotatable bonds is 7. The molecule has 7 heteroatoms. The van der Waals surface area contributed by atoms with E-state index >= 15 is 0 Å². The number of hydrogen-bond donors (Lipinski definition) is 2. The molecular formula is C18H18F3N3O. The summed E-state index contributed by atoms with van der Waals surface area (Å²) in [6.07, 6.45) is -0.346. The molecule has 25 heavy (non-hydrogen) atoms. The van der Waals surface area contributed by atoms with Crippen LogP contribution in [0.3, 0.4) is 0 Å². The third kappa shape index (κ3) is 4.51. The first-order chi connectivity index (χ1) is 12.0. The first-order valence-corrected chi connectivity index (χ1v) is 7.97. The number of aromatic nitrogens is 1. The van der Waals surface area contributed by atoms with Crippen molar-refractivity contribution >= 4 is 16.6 Å². The van der Waals surface area contributed by atoms with Gasteiger partial charge in [-0.3, -0.25) is 4.98 Å². The first-order valence-electron chi connectivity index (χ1n) is 7.97. The highest BCUT2D eigenvalue weighted by atomic mass is 19.4. The van der Waals surface area contributed by atoms with Crippen molar-refractivity contribution in [3.8, 4) is 0 Å². The van der Waals surface area contributed by atoms with Crippen LogP contribution in [0.1, 0.15) is 17.7 Å². The molecule has 0 saturated carbocycles. The Balaban J connectivity index is 1.54. The third-order valence-electron chi connectivity index (χ3n) is 3.80. The minimum atomic E-state index is -4.36. The molecule has 0 aliphatic carbocycles. The number of anilines is 1. The van der Waals surface area contributed by atoms with Crippen LogP contribution < -0.4 is 10.6 Å². The van der Waals surface area contributed by atoms with E-state index in [0.717, 1.165) is 36.5 Å². The molecular weight excluding hydrogens is 331 g/mol. The topological polar surface area (TPSA) is 50.1 Å². The van der Waals surface area contributed by atoms with Crippen LogP contribution in [0.25, 0.3) is 10.9 Å². The summed E-state index contributed by atoms with van der Waals surface area (Å²) in [4.78, 5) is 4.04. The lowest BCUT2D eigenvalue weighted by atomic mass is 10.1. The fourth-order valence-corrected chi connectivity index (χ4v) is 2.54. The van der Waals surface area contributed by atoms with Crippen molar-refractivity contribution in [2.24, 2.45) is 0 Å². The number of halogens is 3. The minimum Gasteiger partial charge on any atom is -0.468 e. The maximum absolute atomic E-state index is 12.8. The van der Waals surface area contributed by atoms with Crippen LogP contribution in [-0.4, -0.2) is 18.1 Å². The molecule has 132 valence electrons. The standard InChI is InChI=1S/C18H18F3N3O/c19-18(20,21)13-4-5-15-16(6-9-24-17(15)11-13)23-8-2-7-22-12-14-3-1-10-25-14/h1,3-6,9-11,22H,2,7-8,12H2,(H,23,24). The largest absolute Gasteiger partial charge is 0.468 e. The van der Waals surface area contributed by atoms with E-state index in [-0.39, 0.29) is 0 Å². The van der Waals surface area contributed by atoms with Gasteiger partial charge in [0.25, 0.3) is 0 Å². The van der Waals surface area contributed by atoms with Crippen molar-refractivity contribution in [1.29, 1.82) is 0 Å². The summed E-state index contributed by atoms with van der Waals surface area (Å²) in [5, 5.41) is 7.20. The molecule has 0 unspecified atom stereocenters. The second-order valence-corrected chi connectivity index (χ2v) is 5.62. The zero-order valence-electron chi connectivity index (χ0n) is 13.4. The van der Waals surface area contributed by atoms with Gasteiger partial charge >= 0.3 is 6.18 Å². The summed E-state index contributed by atoms with van der Waals surface area (Å²) >= 11 is 0. The average Bonchev–Trinajstić information content (AvgIpc) is 3.10. The molecule has 2 N–H and O–H groups in total. The summed E-state index contributed by atoms with van der Waals surface area (Å²) < 4.78 is 43.6. The summed E-state index contributed by atoms with van der Waals surface area (Å²) in [7, 11) is 0. The van der Waals surface area contributed by atoms with Gasteiger partial charge in [0.15, 0.2) is 0 Å². The van der Waals surface area contributed by atoms with Crippen LogP contribution in [-0.2, 0) is 12.7 Å². The smallest absolute Gasteiger partial charge is 0.416 e. The molecule has 0 atom stereocenters. The van der Waals surface area contributed by atoms with E-state index in [9.17, 15) is 13.2 Å². The normalized spacial score (nSPS) is 11.8. The fraction of sp³-hybridized carbons (Fsp3) is 0.278. The summed E-state index contributed by atoms with van der Waals surface area (Å²) in [5.74, 6) is 0.883. The summed E-state index contributed by atoms with van der Waals surface area (Å²) in [6, 6.07) is 9.14. The molecule has 0 aliphatic heterocycles. The lowest BCUT2D eigenvalue weighted by Gasteiger charge is -2.12. The Morgan fingerprint density at radius 2 is 1.96 bits per heavy atom. The number of pyridine rings is 1. The highest BCUT2D eigenvalue weighted by molar-refractivity contribution is 5.91. The number of benzene rings is 1. The lowest BCUT2D eigenvalue weighted by molar-refractivity contribution is -0.137. The number of alkyl halides is 3. The lowest BCUT2D eigenvalue weighted by Crippen LogP contribution is -2.17. The minimum absolute atomic E-state index is 0.329. The molecule has 0 radical (unpaired) electrons. The fourth-order valence-electron chi connectivity index (χ4n) is 2.54. The molecule has 0 saturated heterocycles. The molecule has 3 aromatic rings. The second-order valence-electron chi connectivity index (χ2n) is 5.62. The van der Waals surface area contributed by atoms with E-state index < -0.39 is 11.7 Å². The van der Waals surface area contributed by atoms with Crippen LogP contribution in [0.4, 0.5) is 18.9 Å². The zero-order valence-corrected chi connectivity index (χ0v) is 13.4. The number of fused-ring (bicyclic) bond motifs is 1. The highest BCUT2D eigenvalue weighted by Gasteiger charge is 2.30. The Morgan fingerprint density at radius 1 is 1.08 bits per heavy atom. The van der Waals surface area contributed by atoms with Gasteiger partial charge in [-0.2, -0.15) is 13.2 Å². The molecule has 0 amide bonds. The molecule has 0 bridgehead atoms. The van der Waals surface area contributed by atoms with Gasteiger partial charge in [0.05, 0.1) is 23.9 Å². The Kier molecular flexibility index (Phi) is 5.23. The molecule has 4 nitrogen and oxygen atoms in total. The summed E-state index contributed by atoms with van der Waals surface area (Å²) in [5.41, 5.74) is 0.423. The van der Waals surface area contributed by atoms with Crippen molar-refractivity contribution < 1.29 is 17.6 Å². The zero-order chi connectivity index (χ0) is 17.7. The first kappa shape index (κ1) is 17.3. The Hall–Kier alpha value is -2.54. The number of nitrogens with zero attached hydrogens (tertiary/aromatic N) is 1. The van der Waals surface area contributed by atoms with E-state index in [2.05, 4.69) is 15.6 Å². The maximum atomic E-state index is 12.8. The van der Waals surface area contributed by atoms with E-state index in [1.807, 2.05) is 12.1 Å². The van der Waals surface area contributed by atoms with Crippen LogP contribution in [0, 0.1) is 0 Å². The van der Waals surface area contributed by atoms with Crippen LogP contribution in [0.15, 0.2) is 53.3 Å². The predicted molar refractivity (Wildman–Crippen MR) is 90.3 cm³/mol. The van der Waals surface area contributed by atoms with Crippen molar-refractivity contribution in [3.05, 3.63) is 60.2 Å². The third-order valence-corrected chi connectivity index (χ3v) is 3.80. The van der Waals surface area contributed by atoms with E-state index in [0.29, 0.717) is 24.0 Å². The predicted octanol–water partition coefficient (Wildman–Crippen LogP) is 4.44. The second kappa shape index (κ2) is 7.57. The van der Waals surface area contributed by atoms with Crippen molar-refractivity contribution in [2.45, 2.75) is 19.1 Å². The molecule has 1 aromatic carbocycles. The van der Waals surface area contributed by atoms with Crippen LogP contribution >= 0.6 is 0 Å². The van der Waals surface area contributed by atoms with Gasteiger partial charge in [-0.25, -0.2) is 0 Å². The van der Waals surface area contributed by atoms with Crippen LogP contribution in [0.2, 0.25) is 0 Å². The molecule has 3 rings (SSSR count). The van der Waals surface area contributed by atoms with Gasteiger partial charge < -0.3 is 15.1 Å². The number of furan rings is 1. The van der Waals surface area contributed by atoms with E-state index in [1.54, 1.807) is 12.3 Å². The van der Waals surface area contributed by atoms with Crippen molar-refractivity contribution in [3.63, 3.8) is 0 Å². The van der Waals surface area contributed by atoms with Crippen LogP contribution in [0.5, 0.6) is 0 Å². The Bertz CT molecular complexity index is 816. The SMILES string of the molecule is FC(F)(F)c1ccc2c(NCCCNCc3ccco3)ccnc2c1. The van der Waals surface area contributed by atoms with Gasteiger partial charge in [0.1, 0.15) is 5.76 Å². The van der Waals surface area contributed by atoms with E-state index in [4.69, 9.17) is 4.42 Å². The number of nitrogens with one attached hydrogen (secondary N) is 2. The van der Waals surface area contributed by atoms with Gasteiger partial charge in [0, 0.05) is 23.8 Å². The van der Waals surface area contributed by atoms with Gasteiger partial charge in [-0.1, -0.05) is 6.07 Å². The average molecular weight is 349 g/mol. The molecule has 2 heterocycles. The highest BCUT2D eigenvalue weighted by Crippen LogP contribution is 2.32. The molecule has 2 aromatic heterocycles. The van der Waals surface area contributed by atoms with Crippen molar-refractivity contribution in [1.82, 2.24) is 10.3 Å². The van der Waals surface area contributed by atoms with Gasteiger partial charge in [0.2, 0.25) is 0 Å². The Labute approximate surface area is 143 Å².